The molecule has 712 valence electrons. The molecule has 0 saturated carbocycles. The summed E-state index contributed by atoms with van der Waals surface area (Å²) in [5.74, 6) is -22.9. The highest BCUT2D eigenvalue weighted by molar-refractivity contribution is 8.00. The molecule has 0 spiro atoms. The molecule has 0 bridgehead atoms. The Morgan fingerprint density at radius 3 is 1.31 bits per heavy atom. The van der Waals surface area contributed by atoms with Crippen molar-refractivity contribution in [3.63, 3.8) is 0 Å². The fraction of sp³-hybridized carbons (Fsp3) is 0.553. The highest BCUT2D eigenvalue weighted by atomic mass is 32.2. The van der Waals surface area contributed by atoms with Crippen molar-refractivity contribution in [3.8, 4) is 11.5 Å². The third-order valence-corrected chi connectivity index (χ3v) is 21.4. The number of aromatic hydroxyl groups is 2. The molecule has 43 nitrogen and oxygen atoms in total. The number of hydrogen-bond donors (Lipinski definition) is 25. The minimum absolute atomic E-state index is 0.0759. The van der Waals surface area contributed by atoms with Crippen LogP contribution in [0.15, 0.2) is 90.5 Å². The first kappa shape index (κ1) is 109. The number of carboxylic acids is 3. The van der Waals surface area contributed by atoms with Crippen LogP contribution in [0.25, 0.3) is 0 Å². The Labute approximate surface area is 749 Å². The van der Waals surface area contributed by atoms with Crippen LogP contribution in [0, 0.1) is 11.8 Å². The van der Waals surface area contributed by atoms with Gasteiger partial charge in [-0.2, -0.15) is 0 Å². The number of aliphatic hydroxyl groups is 4. The topological polar surface area (TPSA) is 696 Å². The van der Waals surface area contributed by atoms with E-state index in [-0.39, 0.29) is 59.7 Å². The summed E-state index contributed by atoms with van der Waals surface area (Å²) in [6.45, 7) is 7.68. The normalized spacial score (nSPS) is 15.4. The number of hydrogen-bond acceptors (Lipinski definition) is 26. The van der Waals surface area contributed by atoms with Crippen molar-refractivity contribution in [1.82, 2.24) is 79.8 Å². The van der Waals surface area contributed by atoms with E-state index in [2.05, 4.69) is 85.8 Å². The predicted molar refractivity (Wildman–Crippen MR) is 465 cm³/mol. The molecule has 0 saturated heterocycles. The van der Waals surface area contributed by atoms with Gasteiger partial charge in [0.1, 0.15) is 84.0 Å². The second kappa shape index (κ2) is 56.7. The number of aliphatic hydroxyl groups excluding tert-OH is 4. The van der Waals surface area contributed by atoms with E-state index in [1.54, 1.807) is 45.9 Å². The van der Waals surface area contributed by atoms with Crippen LogP contribution in [0.2, 0.25) is 0 Å². The van der Waals surface area contributed by atoms with E-state index in [4.69, 9.17) is 5.73 Å². The van der Waals surface area contributed by atoms with Gasteiger partial charge >= 0.3 is 17.9 Å². The largest absolute Gasteiger partial charge is 0.508 e. The van der Waals surface area contributed by atoms with Gasteiger partial charge < -0.3 is 131 Å². The number of aliphatic carboxylic acids is 3. The zero-order chi connectivity index (χ0) is 96.1. The first-order chi connectivity index (χ1) is 61.0. The van der Waals surface area contributed by atoms with Gasteiger partial charge in [-0.25, -0.2) is 0 Å². The van der Waals surface area contributed by atoms with Gasteiger partial charge in [-0.05, 0) is 131 Å². The van der Waals surface area contributed by atoms with Gasteiger partial charge in [-0.1, -0.05) is 107 Å². The van der Waals surface area contributed by atoms with E-state index >= 15 is 0 Å². The van der Waals surface area contributed by atoms with Crippen molar-refractivity contribution >= 4 is 118 Å². The van der Waals surface area contributed by atoms with Gasteiger partial charge in [0.25, 0.3) is 0 Å². The van der Waals surface area contributed by atoms with Crippen LogP contribution in [0.4, 0.5) is 0 Å². The molecule has 3 aromatic rings. The molecule has 0 radical (unpaired) electrons. The molecular weight excluding hydrogens is 1710 g/mol. The maximum atomic E-state index is 14.7. The number of carboxylic acid groups (broad SMARTS) is 3. The van der Waals surface area contributed by atoms with Crippen molar-refractivity contribution in [3.05, 3.63) is 107 Å². The highest BCUT2D eigenvalue weighted by Crippen LogP contribution is 2.21. The third kappa shape index (κ3) is 40.6. The van der Waals surface area contributed by atoms with Crippen molar-refractivity contribution in [2.24, 2.45) is 17.6 Å². The second-order valence-corrected chi connectivity index (χ2v) is 32.8. The van der Waals surface area contributed by atoms with Crippen LogP contribution < -0.4 is 85.5 Å². The number of phenolic OH excluding ortho intramolecular Hbond substituents is 2. The van der Waals surface area contributed by atoms with Crippen molar-refractivity contribution in [1.29, 1.82) is 0 Å². The summed E-state index contributed by atoms with van der Waals surface area (Å²) in [6.07, 6.45) is -0.411. The molecule has 1 aliphatic carbocycles. The number of allylic oxidation sites excluding steroid dienone is 1. The fourth-order valence-electron chi connectivity index (χ4n) is 13.2. The predicted octanol–water partition coefficient (Wildman–Crippen LogP) is -4.30. The quantitative estimate of drug-likeness (QED) is 0.0188. The number of phenols is 2. The van der Waals surface area contributed by atoms with Crippen LogP contribution in [-0.2, 0) is 106 Å². The first-order valence-electron chi connectivity index (χ1n) is 42.3. The molecule has 3 aromatic carbocycles. The Hall–Kier alpha value is -12.4. The molecule has 0 heterocycles. The number of thioether (sulfide) groups is 1. The second-order valence-electron chi connectivity index (χ2n) is 31.8. The van der Waals surface area contributed by atoms with E-state index in [0.29, 0.717) is 49.9 Å². The minimum atomic E-state index is -2.22. The van der Waals surface area contributed by atoms with Gasteiger partial charge in [-0.3, -0.25) is 86.3 Å². The molecule has 16 atom stereocenters. The lowest BCUT2D eigenvalue weighted by Crippen LogP contribution is -2.63. The first-order valence-corrected chi connectivity index (χ1v) is 43.5. The van der Waals surface area contributed by atoms with Gasteiger partial charge in [0.15, 0.2) is 0 Å². The summed E-state index contributed by atoms with van der Waals surface area (Å²) < 4.78 is 0. The van der Waals surface area contributed by atoms with Crippen molar-refractivity contribution in [2.45, 2.75) is 242 Å². The van der Waals surface area contributed by atoms with Crippen molar-refractivity contribution < 1.29 is 132 Å². The fourth-order valence-corrected chi connectivity index (χ4v) is 13.8. The number of carbonyl (C=O) groups is 18. The van der Waals surface area contributed by atoms with Crippen LogP contribution in [0.1, 0.15) is 149 Å². The molecule has 1 aliphatic rings. The molecule has 129 heavy (non-hydrogen) atoms. The van der Waals surface area contributed by atoms with Gasteiger partial charge in [0, 0.05) is 38.3 Å². The van der Waals surface area contributed by atoms with E-state index in [9.17, 15) is 132 Å². The minimum Gasteiger partial charge on any atom is -0.508 e. The molecule has 26 N–H and O–H groups in total. The molecule has 15 amide bonds. The molecule has 0 unspecified atom stereocenters. The summed E-state index contributed by atoms with van der Waals surface area (Å²) in [4.78, 5) is 245. The number of nitrogens with one attached hydrogen (secondary N) is 15. The standard InChI is InChI=1S/C85H124N16O27S/c1-8-46(4)71(83(126)95-59(37-53-23-27-55(107)28-24-53)77(120)91-57(34-45(2)3)76(119)93-61(38-69(113)114)75(118)89-47(5)16-14-15-32-86)100-82(125)64(42-103)97-78(121)58(36-52-21-25-54(106)26-22-52)92-79(122)62(39-70(115)116)94-81(124)63(41-102)98-85(128)73(49(7)105)101-80(123)60(35-51-19-10-9-11-20-51)96-84(127)72(48(6)104)99-65(108)40-88-74(117)56(29-30-68(111)112)90-67(110)44-129-43-66(109)87-33-31-50-17-12-13-18-50/h9-11,17,19-28,45-49,56-64,71-73,102-107H,8,12-16,18,29-44,86H2,1-7H3,(H,87,109)(H,88,117)(H,89,118)(H,90,110)(H,91,120)(H,92,122)(H,93,119)(H,94,124)(H,95,126)(H,96,127)(H,97,121)(H,98,128)(H,99,108)(H,100,125)(H,101,123)(H,111,112)(H,113,114)(H,115,116)/t46-,47+,48+,49+,56-,57-,58-,59-,60-,61-,62-,63-,64-,71-,72-,73-/m0/s1. The molecule has 4 rings (SSSR count). The Balaban J connectivity index is 1.53. The Bertz CT molecular complexity index is 4320. The SMILES string of the molecule is CC[C@H](C)[C@H](NC(=O)[C@H](CO)NC(=O)[C@H](Cc1ccc(O)cc1)NC(=O)[C@H](CC(=O)O)NC(=O)[C@H](CO)NC(=O)[C@@H](NC(=O)[C@H](Cc1ccccc1)NC(=O)[C@@H](NC(=O)CNC(=O)[C@H](CCC(=O)O)NC(=O)CSCC(=O)NCCC1=CCCC1)[C@@H](C)O)[C@@H](C)O)C(=O)N[C@@H](Cc1ccc(O)cc1)C(=O)N[C@@H](CC(C)C)C(=O)N[C@@H](CC(=O)O)C(=O)N[C@H](C)CCCCN. The van der Waals surface area contributed by atoms with Gasteiger partial charge in [-0.15, -0.1) is 11.8 Å². The number of carbonyl (C=O) groups excluding carboxylic acids is 15. The van der Waals surface area contributed by atoms with E-state index < -0.39 is 256 Å². The Kier molecular flexibility index (Phi) is 47.9. The van der Waals surface area contributed by atoms with Crippen molar-refractivity contribution in [2.75, 3.05) is 44.4 Å². The van der Waals surface area contributed by atoms with Gasteiger partial charge in [0.2, 0.25) is 88.6 Å². The van der Waals surface area contributed by atoms with Gasteiger partial charge in [0.05, 0.1) is 56.3 Å². The lowest BCUT2D eigenvalue weighted by Gasteiger charge is -2.30. The summed E-state index contributed by atoms with van der Waals surface area (Å²) >= 11 is 0.927. The summed E-state index contributed by atoms with van der Waals surface area (Å²) in [6, 6.07) is -4.06. The Morgan fingerprint density at radius 1 is 0.419 bits per heavy atom. The summed E-state index contributed by atoms with van der Waals surface area (Å²) in [7, 11) is 0. The molecule has 44 heteroatoms. The number of rotatable bonds is 59. The number of amides is 15. The lowest BCUT2D eigenvalue weighted by molar-refractivity contribution is -0.142. The smallest absolute Gasteiger partial charge is 0.305 e. The zero-order valence-corrected chi connectivity index (χ0v) is 73.8. The maximum Gasteiger partial charge on any atom is 0.305 e. The number of nitrogens with two attached hydrogens (primary N) is 1. The van der Waals surface area contributed by atoms with Crippen LogP contribution in [0.5, 0.6) is 11.5 Å². The number of benzene rings is 3. The van der Waals surface area contributed by atoms with E-state index in [1.165, 1.54) is 73.2 Å². The molecular formula is C85H124N16O27S. The zero-order valence-electron chi connectivity index (χ0n) is 73.0. The Morgan fingerprint density at radius 2 is 0.837 bits per heavy atom. The maximum absolute atomic E-state index is 14.7. The van der Waals surface area contributed by atoms with E-state index in [1.807, 2.05) is 0 Å². The molecule has 0 aromatic heterocycles. The number of unbranched alkanes of at least 4 members (excludes halogenated alkanes) is 1. The van der Waals surface area contributed by atoms with Crippen LogP contribution >= 0.6 is 11.8 Å². The van der Waals surface area contributed by atoms with Crippen LogP contribution in [0.3, 0.4) is 0 Å². The van der Waals surface area contributed by atoms with E-state index in [0.717, 1.165) is 44.9 Å². The summed E-state index contributed by atoms with van der Waals surface area (Å²) in [5, 5.41) is 128. The molecule has 0 fully saturated rings. The molecule has 0 aliphatic heterocycles. The third-order valence-electron chi connectivity index (χ3n) is 20.4. The monoisotopic (exact) mass is 1830 g/mol. The summed E-state index contributed by atoms with van der Waals surface area (Å²) in [5.41, 5.74) is 7.76. The average Bonchev–Trinajstić information content (AvgIpc) is 1.49. The average molecular weight is 1830 g/mol. The lowest BCUT2D eigenvalue weighted by atomic mass is 9.96. The van der Waals surface area contributed by atoms with Crippen LogP contribution in [-0.4, -0.2) is 288 Å². The highest BCUT2D eigenvalue weighted by Gasteiger charge is 2.40.